The number of carbonyl (C=O) groups is 1. The van der Waals surface area contributed by atoms with Crippen LogP contribution in [-0.4, -0.2) is 30.4 Å². The van der Waals surface area contributed by atoms with Crippen molar-refractivity contribution >= 4 is 5.91 Å². The van der Waals surface area contributed by atoms with Crippen molar-refractivity contribution in [1.29, 1.82) is 0 Å². The van der Waals surface area contributed by atoms with Crippen molar-refractivity contribution in [3.8, 4) is 0 Å². The molecule has 1 aromatic carbocycles. The fraction of sp³-hybridized carbons (Fsp3) is 0.500. The number of amides is 1. The number of benzene rings is 1. The molecule has 0 saturated heterocycles. The highest BCUT2D eigenvalue weighted by molar-refractivity contribution is 5.94. The number of fused-ring (bicyclic) bond motifs is 1. The zero-order chi connectivity index (χ0) is 12.4. The largest absolute Gasteiger partial charge is 0.338 e. The molecule has 2 rings (SSSR count). The minimum atomic E-state index is 0.0673. The number of likely N-dealkylation sites (N-methyl/N-ethyl adjacent to an activating group) is 1. The number of rotatable bonds is 3. The van der Waals surface area contributed by atoms with Crippen LogP contribution in [0, 0.1) is 0 Å². The van der Waals surface area contributed by atoms with Gasteiger partial charge in [0.15, 0.2) is 0 Å². The molecule has 0 heterocycles. The van der Waals surface area contributed by atoms with Gasteiger partial charge in [0.1, 0.15) is 0 Å². The van der Waals surface area contributed by atoms with Gasteiger partial charge in [0, 0.05) is 25.2 Å². The lowest BCUT2D eigenvalue weighted by Gasteiger charge is -2.23. The number of aryl methyl sites for hydroxylation is 2. The Morgan fingerprint density at radius 1 is 1.41 bits per heavy atom. The molecule has 0 spiro atoms. The summed E-state index contributed by atoms with van der Waals surface area (Å²) in [6, 6.07) is 6.16. The maximum absolute atomic E-state index is 12.2. The summed E-state index contributed by atoms with van der Waals surface area (Å²) < 4.78 is 0. The van der Waals surface area contributed by atoms with Gasteiger partial charge in [0.25, 0.3) is 5.91 Å². The van der Waals surface area contributed by atoms with Gasteiger partial charge in [-0.25, -0.2) is 0 Å². The summed E-state index contributed by atoms with van der Waals surface area (Å²) in [5.41, 5.74) is 9.11. The SMILES string of the molecule is CC(CN)N(C)C(=O)c1ccc2c(c1)CCC2. The van der Waals surface area contributed by atoms with Gasteiger partial charge in [-0.05, 0) is 49.4 Å². The van der Waals surface area contributed by atoms with E-state index in [-0.39, 0.29) is 11.9 Å². The average Bonchev–Trinajstić information content (AvgIpc) is 2.83. The van der Waals surface area contributed by atoms with Crippen LogP contribution in [0.1, 0.15) is 34.8 Å². The van der Waals surface area contributed by atoms with Crippen molar-refractivity contribution in [2.24, 2.45) is 5.73 Å². The summed E-state index contributed by atoms with van der Waals surface area (Å²) in [6.45, 7) is 2.46. The molecule has 0 aliphatic heterocycles. The topological polar surface area (TPSA) is 46.3 Å². The Kier molecular flexibility index (Phi) is 3.48. The second-order valence-corrected chi connectivity index (χ2v) is 4.84. The smallest absolute Gasteiger partial charge is 0.253 e. The second kappa shape index (κ2) is 4.88. The number of hydrogen-bond donors (Lipinski definition) is 1. The molecular weight excluding hydrogens is 212 g/mol. The van der Waals surface area contributed by atoms with Crippen LogP contribution in [-0.2, 0) is 12.8 Å². The molecule has 1 atom stereocenters. The lowest BCUT2D eigenvalue weighted by atomic mass is 10.1. The third-order valence-corrected chi connectivity index (χ3v) is 3.67. The minimum absolute atomic E-state index is 0.0673. The van der Waals surface area contributed by atoms with E-state index in [0.717, 1.165) is 18.4 Å². The van der Waals surface area contributed by atoms with E-state index in [0.29, 0.717) is 6.54 Å². The summed E-state index contributed by atoms with van der Waals surface area (Å²) >= 11 is 0. The van der Waals surface area contributed by atoms with E-state index in [1.807, 2.05) is 26.1 Å². The average molecular weight is 232 g/mol. The third-order valence-electron chi connectivity index (χ3n) is 3.67. The number of carbonyl (C=O) groups excluding carboxylic acids is 1. The molecule has 1 aromatic rings. The van der Waals surface area contributed by atoms with Crippen molar-refractivity contribution in [2.75, 3.05) is 13.6 Å². The van der Waals surface area contributed by atoms with E-state index in [1.54, 1.807) is 4.90 Å². The van der Waals surface area contributed by atoms with E-state index < -0.39 is 0 Å². The van der Waals surface area contributed by atoms with Crippen molar-refractivity contribution in [3.63, 3.8) is 0 Å². The molecule has 0 bridgehead atoms. The Hall–Kier alpha value is -1.35. The van der Waals surface area contributed by atoms with Gasteiger partial charge in [0.05, 0.1) is 0 Å². The normalized spacial score (nSPS) is 15.5. The van der Waals surface area contributed by atoms with Gasteiger partial charge in [-0.1, -0.05) is 6.07 Å². The molecule has 1 aliphatic rings. The molecule has 0 saturated carbocycles. The number of hydrogen-bond acceptors (Lipinski definition) is 2. The molecule has 0 radical (unpaired) electrons. The van der Waals surface area contributed by atoms with Crippen molar-refractivity contribution in [2.45, 2.75) is 32.2 Å². The molecule has 1 amide bonds. The predicted octanol–water partition coefficient (Wildman–Crippen LogP) is 1.59. The zero-order valence-electron chi connectivity index (χ0n) is 10.6. The van der Waals surface area contributed by atoms with Crippen LogP contribution in [0.5, 0.6) is 0 Å². The van der Waals surface area contributed by atoms with E-state index >= 15 is 0 Å². The minimum Gasteiger partial charge on any atom is -0.338 e. The van der Waals surface area contributed by atoms with E-state index in [9.17, 15) is 4.79 Å². The Balaban J connectivity index is 2.20. The molecule has 1 aliphatic carbocycles. The zero-order valence-corrected chi connectivity index (χ0v) is 10.6. The van der Waals surface area contributed by atoms with Crippen LogP contribution in [0.25, 0.3) is 0 Å². The standard InChI is InChI=1S/C14H20N2O/c1-10(9-15)16(2)14(17)13-7-6-11-4-3-5-12(11)8-13/h6-8,10H,3-5,9,15H2,1-2H3. The molecule has 2 N–H and O–H groups in total. The fourth-order valence-electron chi connectivity index (χ4n) is 2.27. The first-order chi connectivity index (χ1) is 8.13. The van der Waals surface area contributed by atoms with Crippen LogP contribution in [0.4, 0.5) is 0 Å². The first-order valence-electron chi connectivity index (χ1n) is 6.22. The van der Waals surface area contributed by atoms with E-state index in [1.165, 1.54) is 17.5 Å². The molecule has 0 aromatic heterocycles. The summed E-state index contributed by atoms with van der Waals surface area (Å²) in [5, 5.41) is 0. The van der Waals surface area contributed by atoms with E-state index in [4.69, 9.17) is 5.73 Å². The first kappa shape index (κ1) is 12.1. The molecule has 1 unspecified atom stereocenters. The predicted molar refractivity (Wildman–Crippen MR) is 69.1 cm³/mol. The van der Waals surface area contributed by atoms with Gasteiger partial charge in [-0.3, -0.25) is 4.79 Å². The van der Waals surface area contributed by atoms with Crippen LogP contribution in [0.2, 0.25) is 0 Å². The Morgan fingerprint density at radius 2 is 2.12 bits per heavy atom. The fourth-order valence-corrected chi connectivity index (χ4v) is 2.27. The van der Waals surface area contributed by atoms with Crippen LogP contribution in [0.15, 0.2) is 18.2 Å². The maximum Gasteiger partial charge on any atom is 0.253 e. The highest BCUT2D eigenvalue weighted by Gasteiger charge is 2.18. The quantitative estimate of drug-likeness (QED) is 0.860. The lowest BCUT2D eigenvalue weighted by Crippen LogP contribution is -2.39. The van der Waals surface area contributed by atoms with Gasteiger partial charge >= 0.3 is 0 Å². The van der Waals surface area contributed by atoms with Crippen molar-refractivity contribution in [1.82, 2.24) is 4.90 Å². The van der Waals surface area contributed by atoms with E-state index in [2.05, 4.69) is 6.07 Å². The summed E-state index contributed by atoms with van der Waals surface area (Å²) in [7, 11) is 1.81. The monoisotopic (exact) mass is 232 g/mol. The Labute approximate surface area is 103 Å². The lowest BCUT2D eigenvalue weighted by molar-refractivity contribution is 0.0748. The van der Waals surface area contributed by atoms with Crippen LogP contribution >= 0.6 is 0 Å². The van der Waals surface area contributed by atoms with Gasteiger partial charge in [0.2, 0.25) is 0 Å². The molecular formula is C14H20N2O. The van der Waals surface area contributed by atoms with Gasteiger partial charge in [-0.15, -0.1) is 0 Å². The Morgan fingerprint density at radius 3 is 2.82 bits per heavy atom. The molecule has 3 heteroatoms. The highest BCUT2D eigenvalue weighted by Crippen LogP contribution is 2.23. The van der Waals surface area contributed by atoms with Crippen LogP contribution < -0.4 is 5.73 Å². The number of nitrogens with zero attached hydrogens (tertiary/aromatic N) is 1. The van der Waals surface area contributed by atoms with Gasteiger partial charge in [-0.2, -0.15) is 0 Å². The summed E-state index contributed by atoms with van der Waals surface area (Å²) in [5.74, 6) is 0.0673. The highest BCUT2D eigenvalue weighted by atomic mass is 16.2. The second-order valence-electron chi connectivity index (χ2n) is 4.84. The third kappa shape index (κ3) is 2.34. The summed E-state index contributed by atoms with van der Waals surface area (Å²) in [6.07, 6.45) is 3.47. The molecule has 92 valence electrons. The maximum atomic E-state index is 12.2. The van der Waals surface area contributed by atoms with Gasteiger partial charge < -0.3 is 10.6 Å². The Bertz CT molecular complexity index is 428. The molecule has 3 nitrogen and oxygen atoms in total. The van der Waals surface area contributed by atoms with Crippen molar-refractivity contribution in [3.05, 3.63) is 34.9 Å². The number of nitrogens with two attached hydrogens (primary N) is 1. The van der Waals surface area contributed by atoms with Crippen LogP contribution in [0.3, 0.4) is 0 Å². The molecule has 17 heavy (non-hydrogen) atoms. The summed E-state index contributed by atoms with van der Waals surface area (Å²) in [4.78, 5) is 13.9. The first-order valence-corrected chi connectivity index (χ1v) is 6.22. The van der Waals surface area contributed by atoms with Crippen molar-refractivity contribution < 1.29 is 4.79 Å². The molecule has 0 fully saturated rings.